The quantitative estimate of drug-likeness (QED) is 0.826. The lowest BCUT2D eigenvalue weighted by atomic mass is 9.86. The number of benzene rings is 1. The molecule has 1 aromatic carbocycles. The Kier molecular flexibility index (Phi) is 4.95. The lowest BCUT2D eigenvalue weighted by Gasteiger charge is -2.18. The van der Waals surface area contributed by atoms with Crippen molar-refractivity contribution in [3.63, 3.8) is 0 Å². The Hall–Kier alpha value is -1.08. The third-order valence-electron chi connectivity index (χ3n) is 2.84. The fourth-order valence-electron chi connectivity index (χ4n) is 1.74. The molecule has 0 amide bonds. The van der Waals surface area contributed by atoms with Gasteiger partial charge in [0.1, 0.15) is 0 Å². The van der Waals surface area contributed by atoms with Crippen molar-refractivity contribution in [3.8, 4) is 0 Å². The summed E-state index contributed by atoms with van der Waals surface area (Å²) in [5.41, 5.74) is 4.28. The van der Waals surface area contributed by atoms with Gasteiger partial charge in [-0.05, 0) is 30.0 Å². The van der Waals surface area contributed by atoms with Crippen LogP contribution in [0.1, 0.15) is 45.7 Å². The normalized spacial score (nSPS) is 12.9. The van der Waals surface area contributed by atoms with E-state index in [9.17, 15) is 0 Å². The maximum absolute atomic E-state index is 3.34. The van der Waals surface area contributed by atoms with Crippen LogP contribution < -0.4 is 5.32 Å². The minimum atomic E-state index is 0.237. The van der Waals surface area contributed by atoms with Gasteiger partial charge in [-0.15, -0.1) is 0 Å². The van der Waals surface area contributed by atoms with Gasteiger partial charge in [0.2, 0.25) is 0 Å². The van der Waals surface area contributed by atoms with E-state index in [2.05, 4.69) is 70.3 Å². The second-order valence-electron chi connectivity index (χ2n) is 5.64. The highest BCUT2D eigenvalue weighted by atomic mass is 14.8. The molecule has 1 aromatic rings. The predicted molar refractivity (Wildman–Crippen MR) is 77.3 cm³/mol. The van der Waals surface area contributed by atoms with E-state index in [1.807, 2.05) is 0 Å². The van der Waals surface area contributed by atoms with E-state index in [1.165, 1.54) is 16.7 Å². The summed E-state index contributed by atoms with van der Waals surface area (Å²) in [5, 5.41) is 3.34. The van der Waals surface area contributed by atoms with Crippen molar-refractivity contribution in [2.75, 3.05) is 13.1 Å². The number of hydrogen-bond acceptors (Lipinski definition) is 1. The van der Waals surface area contributed by atoms with Gasteiger partial charge in [0, 0.05) is 6.54 Å². The van der Waals surface area contributed by atoms with Crippen LogP contribution in [-0.2, 0) is 5.41 Å². The van der Waals surface area contributed by atoms with E-state index in [-0.39, 0.29) is 5.41 Å². The molecule has 1 N–H and O–H groups in total. The summed E-state index contributed by atoms with van der Waals surface area (Å²) in [7, 11) is 0. The molecule has 1 rings (SSSR count). The summed E-state index contributed by atoms with van der Waals surface area (Å²) in [6.07, 6.45) is 2.25. The van der Waals surface area contributed by atoms with Crippen molar-refractivity contribution in [2.24, 2.45) is 0 Å². The molecule has 0 aliphatic carbocycles. The molecular weight excluding hydrogens is 206 g/mol. The van der Waals surface area contributed by atoms with E-state index >= 15 is 0 Å². The topological polar surface area (TPSA) is 12.0 Å². The van der Waals surface area contributed by atoms with Gasteiger partial charge in [-0.1, -0.05) is 63.6 Å². The number of hydrogen-bond donors (Lipinski definition) is 1. The first-order valence-corrected chi connectivity index (χ1v) is 6.42. The minimum absolute atomic E-state index is 0.237. The van der Waals surface area contributed by atoms with Gasteiger partial charge in [0.15, 0.2) is 0 Å². The lowest BCUT2D eigenvalue weighted by molar-refractivity contribution is 0.590. The average molecular weight is 231 g/mol. The van der Waals surface area contributed by atoms with E-state index in [4.69, 9.17) is 0 Å². The van der Waals surface area contributed by atoms with Crippen molar-refractivity contribution >= 4 is 6.08 Å². The lowest BCUT2D eigenvalue weighted by Crippen LogP contribution is -2.14. The van der Waals surface area contributed by atoms with Crippen molar-refractivity contribution < 1.29 is 0 Å². The molecule has 0 heterocycles. The van der Waals surface area contributed by atoms with E-state index in [1.54, 1.807) is 0 Å². The molecular formula is C16H25N. The SMILES string of the molecule is CCNCC(C)=Cc1ccc(C(C)(C)C)cc1. The van der Waals surface area contributed by atoms with E-state index < -0.39 is 0 Å². The van der Waals surface area contributed by atoms with Crippen LogP contribution >= 0.6 is 0 Å². The zero-order valence-corrected chi connectivity index (χ0v) is 11.8. The summed E-state index contributed by atoms with van der Waals surface area (Å²) in [6.45, 7) is 13.0. The molecule has 0 radical (unpaired) electrons. The molecule has 0 atom stereocenters. The van der Waals surface area contributed by atoms with Gasteiger partial charge < -0.3 is 5.32 Å². The molecule has 0 unspecified atom stereocenters. The Morgan fingerprint density at radius 1 is 1.18 bits per heavy atom. The maximum atomic E-state index is 3.34. The molecule has 0 fully saturated rings. The molecule has 0 bridgehead atoms. The molecule has 0 saturated heterocycles. The average Bonchev–Trinajstić information content (AvgIpc) is 2.26. The summed E-state index contributed by atoms with van der Waals surface area (Å²) < 4.78 is 0. The third kappa shape index (κ3) is 4.74. The fraction of sp³-hybridized carbons (Fsp3) is 0.500. The monoisotopic (exact) mass is 231 g/mol. The van der Waals surface area contributed by atoms with Crippen LogP contribution in [0.3, 0.4) is 0 Å². The van der Waals surface area contributed by atoms with E-state index in [0.717, 1.165) is 13.1 Å². The minimum Gasteiger partial charge on any atom is -0.313 e. The van der Waals surface area contributed by atoms with Crippen molar-refractivity contribution in [3.05, 3.63) is 41.0 Å². The highest BCUT2D eigenvalue weighted by Crippen LogP contribution is 2.22. The van der Waals surface area contributed by atoms with Gasteiger partial charge in [-0.3, -0.25) is 0 Å². The molecule has 0 aliphatic rings. The molecule has 0 spiro atoms. The maximum Gasteiger partial charge on any atom is 0.0165 e. The highest BCUT2D eigenvalue weighted by molar-refractivity contribution is 5.53. The summed E-state index contributed by atoms with van der Waals surface area (Å²) in [5.74, 6) is 0. The van der Waals surface area contributed by atoms with E-state index in [0.29, 0.717) is 0 Å². The van der Waals surface area contributed by atoms with Crippen molar-refractivity contribution in [1.29, 1.82) is 0 Å². The first-order chi connectivity index (χ1) is 7.93. The Balaban J connectivity index is 2.75. The van der Waals surface area contributed by atoms with Crippen LogP contribution in [-0.4, -0.2) is 13.1 Å². The first kappa shape index (κ1) is 14.0. The Morgan fingerprint density at radius 3 is 2.24 bits per heavy atom. The van der Waals surface area contributed by atoms with Crippen LogP contribution in [0.4, 0.5) is 0 Å². The molecule has 17 heavy (non-hydrogen) atoms. The van der Waals surface area contributed by atoms with Crippen LogP contribution in [0.15, 0.2) is 29.8 Å². The molecule has 94 valence electrons. The highest BCUT2D eigenvalue weighted by Gasteiger charge is 2.12. The summed E-state index contributed by atoms with van der Waals surface area (Å²) in [4.78, 5) is 0. The Bertz CT molecular complexity index is 366. The Labute approximate surface area is 106 Å². The zero-order valence-electron chi connectivity index (χ0n) is 11.8. The van der Waals surface area contributed by atoms with Gasteiger partial charge in [0.25, 0.3) is 0 Å². The first-order valence-electron chi connectivity index (χ1n) is 6.42. The van der Waals surface area contributed by atoms with Gasteiger partial charge >= 0.3 is 0 Å². The number of rotatable bonds is 4. The number of nitrogens with one attached hydrogen (secondary N) is 1. The van der Waals surface area contributed by atoms with Crippen LogP contribution in [0, 0.1) is 0 Å². The number of likely N-dealkylation sites (N-methyl/N-ethyl adjacent to an activating group) is 1. The predicted octanol–water partition coefficient (Wildman–Crippen LogP) is 4.00. The largest absolute Gasteiger partial charge is 0.313 e. The molecule has 0 saturated carbocycles. The molecule has 0 aromatic heterocycles. The van der Waals surface area contributed by atoms with Crippen molar-refractivity contribution in [1.82, 2.24) is 5.32 Å². The standard InChI is InChI=1S/C16H25N/c1-6-17-12-13(2)11-14-7-9-15(10-8-14)16(3,4)5/h7-11,17H,6,12H2,1-5H3. The second-order valence-corrected chi connectivity index (χ2v) is 5.64. The molecule has 1 heteroatoms. The van der Waals surface area contributed by atoms with Crippen LogP contribution in [0.2, 0.25) is 0 Å². The Morgan fingerprint density at radius 2 is 1.76 bits per heavy atom. The van der Waals surface area contributed by atoms with Crippen LogP contribution in [0.25, 0.3) is 6.08 Å². The third-order valence-corrected chi connectivity index (χ3v) is 2.84. The van der Waals surface area contributed by atoms with Crippen LogP contribution in [0.5, 0.6) is 0 Å². The van der Waals surface area contributed by atoms with Crippen molar-refractivity contribution in [2.45, 2.75) is 40.0 Å². The zero-order chi connectivity index (χ0) is 12.9. The summed E-state index contributed by atoms with van der Waals surface area (Å²) in [6, 6.07) is 8.87. The second kappa shape index (κ2) is 6.02. The van der Waals surface area contributed by atoms with Gasteiger partial charge in [0.05, 0.1) is 0 Å². The van der Waals surface area contributed by atoms with Gasteiger partial charge in [-0.2, -0.15) is 0 Å². The fourth-order valence-corrected chi connectivity index (χ4v) is 1.74. The molecule has 0 aliphatic heterocycles. The molecule has 1 nitrogen and oxygen atoms in total. The smallest absolute Gasteiger partial charge is 0.0165 e. The summed E-state index contributed by atoms with van der Waals surface area (Å²) >= 11 is 0. The van der Waals surface area contributed by atoms with Gasteiger partial charge in [-0.25, -0.2) is 0 Å².